The first-order chi connectivity index (χ1) is 11.6. The van der Waals surface area contributed by atoms with Crippen LogP contribution in [-0.2, 0) is 14.3 Å². The van der Waals surface area contributed by atoms with Crippen LogP contribution in [0.15, 0.2) is 28.7 Å². The van der Waals surface area contributed by atoms with Crippen molar-refractivity contribution in [2.45, 2.75) is 6.42 Å². The van der Waals surface area contributed by atoms with E-state index in [0.29, 0.717) is 13.1 Å². The van der Waals surface area contributed by atoms with Crippen molar-refractivity contribution < 1.29 is 14.3 Å². The molecule has 0 bridgehead atoms. The fourth-order valence-corrected chi connectivity index (χ4v) is 3.32. The van der Waals surface area contributed by atoms with Gasteiger partial charge in [0.2, 0.25) is 11.8 Å². The smallest absolute Gasteiger partial charge is 0.227 e. The average molecular weight is 396 g/mol. The van der Waals surface area contributed by atoms with Crippen molar-refractivity contribution in [3.05, 3.63) is 28.7 Å². The summed E-state index contributed by atoms with van der Waals surface area (Å²) in [7, 11) is 0. The minimum atomic E-state index is -0.272. The number of nitrogens with one attached hydrogen (secondary N) is 1. The summed E-state index contributed by atoms with van der Waals surface area (Å²) in [4.78, 5) is 28.5. The van der Waals surface area contributed by atoms with Crippen molar-refractivity contribution in [1.82, 2.24) is 10.2 Å². The van der Waals surface area contributed by atoms with E-state index < -0.39 is 0 Å². The highest BCUT2D eigenvalue weighted by molar-refractivity contribution is 9.10. The van der Waals surface area contributed by atoms with Crippen LogP contribution in [0.3, 0.4) is 0 Å². The van der Waals surface area contributed by atoms with Gasteiger partial charge in [0.1, 0.15) is 0 Å². The molecule has 0 aliphatic carbocycles. The van der Waals surface area contributed by atoms with E-state index in [-0.39, 0.29) is 24.2 Å². The van der Waals surface area contributed by atoms with Gasteiger partial charge in [-0.2, -0.15) is 0 Å². The highest BCUT2D eigenvalue weighted by Crippen LogP contribution is 2.26. The van der Waals surface area contributed by atoms with Gasteiger partial charge in [0.05, 0.1) is 19.1 Å². The summed E-state index contributed by atoms with van der Waals surface area (Å²) in [6, 6.07) is 7.58. The highest BCUT2D eigenvalue weighted by atomic mass is 79.9. The summed E-state index contributed by atoms with van der Waals surface area (Å²) in [6.45, 7) is 5.22. The van der Waals surface area contributed by atoms with E-state index in [9.17, 15) is 9.59 Å². The summed E-state index contributed by atoms with van der Waals surface area (Å²) >= 11 is 3.39. The van der Waals surface area contributed by atoms with Gasteiger partial charge in [0, 0.05) is 49.3 Å². The zero-order valence-electron chi connectivity index (χ0n) is 13.5. The van der Waals surface area contributed by atoms with Crippen molar-refractivity contribution in [2.75, 3.05) is 50.8 Å². The lowest BCUT2D eigenvalue weighted by atomic mass is 10.1. The van der Waals surface area contributed by atoms with E-state index in [1.807, 2.05) is 24.3 Å². The van der Waals surface area contributed by atoms with Gasteiger partial charge in [-0.15, -0.1) is 0 Å². The Balaban J connectivity index is 1.47. The topological polar surface area (TPSA) is 61.9 Å². The Bertz CT molecular complexity index is 587. The number of amides is 2. The Morgan fingerprint density at radius 2 is 1.96 bits per heavy atom. The molecule has 2 amide bonds. The zero-order valence-corrected chi connectivity index (χ0v) is 15.1. The maximum Gasteiger partial charge on any atom is 0.227 e. The molecule has 1 N–H and O–H groups in total. The molecule has 2 aliphatic heterocycles. The van der Waals surface area contributed by atoms with Crippen molar-refractivity contribution >= 4 is 33.4 Å². The zero-order chi connectivity index (χ0) is 16.9. The first-order valence-electron chi connectivity index (χ1n) is 8.27. The van der Waals surface area contributed by atoms with Crippen LogP contribution < -0.4 is 10.2 Å². The van der Waals surface area contributed by atoms with Crippen LogP contribution in [0.1, 0.15) is 6.42 Å². The SMILES string of the molecule is O=C(NCCN1CCOCC1)C1CC(=O)N(c2ccc(Br)cc2)C1. The number of benzene rings is 1. The van der Waals surface area contributed by atoms with Gasteiger partial charge in [-0.25, -0.2) is 0 Å². The molecule has 0 spiro atoms. The number of hydrogen-bond donors (Lipinski definition) is 1. The Morgan fingerprint density at radius 3 is 2.67 bits per heavy atom. The summed E-state index contributed by atoms with van der Waals surface area (Å²) in [5, 5.41) is 2.97. The van der Waals surface area contributed by atoms with Gasteiger partial charge in [-0.1, -0.05) is 15.9 Å². The number of halogens is 1. The van der Waals surface area contributed by atoms with Gasteiger partial charge in [0.15, 0.2) is 0 Å². The first-order valence-corrected chi connectivity index (χ1v) is 9.06. The normalized spacial score (nSPS) is 22.0. The molecule has 1 atom stereocenters. The summed E-state index contributed by atoms with van der Waals surface area (Å²) in [6.07, 6.45) is 0.277. The van der Waals surface area contributed by atoms with E-state index in [4.69, 9.17) is 4.74 Å². The Kier molecular flexibility index (Phi) is 5.86. The molecule has 130 valence electrons. The van der Waals surface area contributed by atoms with Crippen LogP contribution in [-0.4, -0.2) is 62.7 Å². The molecule has 0 saturated carbocycles. The van der Waals surface area contributed by atoms with Crippen LogP contribution in [0.25, 0.3) is 0 Å². The molecular weight excluding hydrogens is 374 g/mol. The van der Waals surface area contributed by atoms with Crippen LogP contribution >= 0.6 is 15.9 Å². The fourth-order valence-electron chi connectivity index (χ4n) is 3.06. The lowest BCUT2D eigenvalue weighted by Crippen LogP contribution is -2.42. The number of morpholine rings is 1. The number of anilines is 1. The Hall–Kier alpha value is -1.44. The van der Waals surface area contributed by atoms with E-state index in [2.05, 4.69) is 26.1 Å². The number of rotatable bonds is 5. The maximum atomic E-state index is 12.3. The van der Waals surface area contributed by atoms with Crippen molar-refractivity contribution in [1.29, 1.82) is 0 Å². The molecule has 1 aromatic rings. The van der Waals surface area contributed by atoms with Crippen molar-refractivity contribution in [3.63, 3.8) is 0 Å². The summed E-state index contributed by atoms with van der Waals surface area (Å²) in [5.74, 6) is -0.298. The second-order valence-electron chi connectivity index (χ2n) is 6.13. The predicted octanol–water partition coefficient (Wildman–Crippen LogP) is 1.25. The molecule has 0 radical (unpaired) electrons. The Labute approximate surface area is 150 Å². The maximum absolute atomic E-state index is 12.3. The first kappa shape index (κ1) is 17.4. The lowest BCUT2D eigenvalue weighted by molar-refractivity contribution is -0.126. The molecule has 3 rings (SSSR count). The fraction of sp³-hybridized carbons (Fsp3) is 0.529. The monoisotopic (exact) mass is 395 g/mol. The number of nitrogens with zero attached hydrogens (tertiary/aromatic N) is 2. The second-order valence-corrected chi connectivity index (χ2v) is 7.04. The molecular formula is C17H22BrN3O3. The number of ether oxygens (including phenoxy) is 1. The third-order valence-corrected chi connectivity index (χ3v) is 4.99. The van der Waals surface area contributed by atoms with Crippen LogP contribution in [0.4, 0.5) is 5.69 Å². The third-order valence-electron chi connectivity index (χ3n) is 4.47. The molecule has 24 heavy (non-hydrogen) atoms. The number of carbonyl (C=O) groups excluding carboxylic acids is 2. The largest absolute Gasteiger partial charge is 0.379 e. The summed E-state index contributed by atoms with van der Waals surface area (Å²) in [5.41, 5.74) is 0.840. The van der Waals surface area contributed by atoms with E-state index in [1.54, 1.807) is 4.90 Å². The van der Waals surface area contributed by atoms with E-state index in [0.717, 1.165) is 43.0 Å². The molecule has 1 aromatic carbocycles. The van der Waals surface area contributed by atoms with Gasteiger partial charge >= 0.3 is 0 Å². The van der Waals surface area contributed by atoms with Crippen molar-refractivity contribution in [2.24, 2.45) is 5.92 Å². The molecule has 6 nitrogen and oxygen atoms in total. The molecule has 2 saturated heterocycles. The molecule has 7 heteroatoms. The second kappa shape index (κ2) is 8.09. The highest BCUT2D eigenvalue weighted by Gasteiger charge is 2.34. The summed E-state index contributed by atoms with van der Waals surface area (Å²) < 4.78 is 6.27. The molecule has 0 aromatic heterocycles. The lowest BCUT2D eigenvalue weighted by Gasteiger charge is -2.26. The minimum Gasteiger partial charge on any atom is -0.379 e. The van der Waals surface area contributed by atoms with Gasteiger partial charge in [-0.3, -0.25) is 14.5 Å². The molecule has 1 unspecified atom stereocenters. The van der Waals surface area contributed by atoms with Crippen LogP contribution in [0.5, 0.6) is 0 Å². The number of hydrogen-bond acceptors (Lipinski definition) is 4. The molecule has 2 fully saturated rings. The van der Waals surface area contributed by atoms with Gasteiger partial charge < -0.3 is 15.0 Å². The number of carbonyl (C=O) groups is 2. The standard InChI is InChI=1S/C17H22BrN3O3/c18-14-1-3-15(4-2-14)21-12-13(11-16(21)22)17(23)19-5-6-20-7-9-24-10-8-20/h1-4,13H,5-12H2,(H,19,23). The van der Waals surface area contributed by atoms with Crippen LogP contribution in [0, 0.1) is 5.92 Å². The van der Waals surface area contributed by atoms with Crippen molar-refractivity contribution in [3.8, 4) is 0 Å². The molecule has 2 heterocycles. The Morgan fingerprint density at radius 1 is 1.25 bits per heavy atom. The van der Waals surface area contributed by atoms with Gasteiger partial charge in [-0.05, 0) is 24.3 Å². The minimum absolute atomic E-state index is 0.00523. The van der Waals surface area contributed by atoms with Gasteiger partial charge in [0.25, 0.3) is 0 Å². The predicted molar refractivity (Wildman–Crippen MR) is 94.9 cm³/mol. The quantitative estimate of drug-likeness (QED) is 0.814. The molecule has 2 aliphatic rings. The van der Waals surface area contributed by atoms with Crippen LogP contribution in [0.2, 0.25) is 0 Å². The van der Waals surface area contributed by atoms with E-state index in [1.165, 1.54) is 0 Å². The average Bonchev–Trinajstić information content (AvgIpc) is 2.98. The van der Waals surface area contributed by atoms with E-state index >= 15 is 0 Å². The third kappa shape index (κ3) is 4.34.